The molecule has 0 fully saturated rings. The number of aryl methyl sites for hydroxylation is 2. The molecule has 2 amide bonds. The number of nitrogens with zero attached hydrogens (tertiary/aromatic N) is 3. The Balaban J connectivity index is 1.93. The second-order valence-electron chi connectivity index (χ2n) is 4.71. The van der Waals surface area contributed by atoms with Crippen molar-refractivity contribution in [1.29, 1.82) is 0 Å². The summed E-state index contributed by atoms with van der Waals surface area (Å²) < 4.78 is 6.67. The minimum Gasteiger partial charge on any atom is -0.383 e. The molecule has 7 heteroatoms. The molecule has 0 radical (unpaired) electrons. The van der Waals surface area contributed by atoms with Gasteiger partial charge in [-0.1, -0.05) is 0 Å². The van der Waals surface area contributed by atoms with E-state index in [4.69, 9.17) is 4.74 Å². The Bertz CT molecular complexity index is 603. The minimum absolute atomic E-state index is 0.371. The number of ether oxygens (including phenoxy) is 1. The van der Waals surface area contributed by atoms with E-state index < -0.39 is 0 Å². The summed E-state index contributed by atoms with van der Waals surface area (Å²) in [6.07, 6.45) is 1.78. The maximum absolute atomic E-state index is 11.9. The largest absolute Gasteiger partial charge is 0.383 e. The fraction of sp³-hybridized carbons (Fsp3) is 0.357. The molecule has 0 saturated heterocycles. The van der Waals surface area contributed by atoms with E-state index in [0.717, 1.165) is 11.3 Å². The van der Waals surface area contributed by atoms with Crippen molar-refractivity contribution in [2.75, 3.05) is 24.4 Å². The molecule has 0 aliphatic rings. The van der Waals surface area contributed by atoms with Crippen molar-refractivity contribution < 1.29 is 9.53 Å². The van der Waals surface area contributed by atoms with E-state index in [1.165, 1.54) is 0 Å². The minimum atomic E-state index is -0.371. The number of anilines is 2. The summed E-state index contributed by atoms with van der Waals surface area (Å²) in [5.74, 6) is 0.997. The quantitative estimate of drug-likeness (QED) is 0.884. The van der Waals surface area contributed by atoms with Crippen molar-refractivity contribution in [3.05, 3.63) is 35.7 Å². The van der Waals surface area contributed by atoms with Crippen LogP contribution in [0.15, 0.2) is 24.4 Å². The van der Waals surface area contributed by atoms with Crippen LogP contribution in [0, 0.1) is 13.8 Å². The van der Waals surface area contributed by atoms with E-state index in [9.17, 15) is 4.79 Å². The molecule has 2 N–H and O–H groups in total. The molecule has 7 nitrogen and oxygen atoms in total. The van der Waals surface area contributed by atoms with E-state index in [1.807, 2.05) is 26.0 Å². The van der Waals surface area contributed by atoms with Crippen molar-refractivity contribution >= 4 is 17.7 Å². The lowest BCUT2D eigenvalue weighted by Gasteiger charge is -2.06. The Morgan fingerprint density at radius 3 is 2.76 bits per heavy atom. The van der Waals surface area contributed by atoms with Crippen LogP contribution in [0.3, 0.4) is 0 Å². The van der Waals surface area contributed by atoms with Gasteiger partial charge in [-0.05, 0) is 31.5 Å². The second-order valence-corrected chi connectivity index (χ2v) is 4.71. The summed E-state index contributed by atoms with van der Waals surface area (Å²) in [5, 5.41) is 9.56. The Morgan fingerprint density at radius 1 is 1.29 bits per heavy atom. The van der Waals surface area contributed by atoms with Gasteiger partial charge >= 0.3 is 6.03 Å². The van der Waals surface area contributed by atoms with Crippen LogP contribution >= 0.6 is 0 Å². The summed E-state index contributed by atoms with van der Waals surface area (Å²) in [6, 6.07) is 5.11. The van der Waals surface area contributed by atoms with Crippen molar-refractivity contribution in [3.8, 4) is 0 Å². The predicted molar refractivity (Wildman–Crippen MR) is 80.5 cm³/mol. The molecule has 0 saturated carbocycles. The van der Waals surface area contributed by atoms with Gasteiger partial charge in [0.2, 0.25) is 0 Å². The van der Waals surface area contributed by atoms with Crippen molar-refractivity contribution in [3.63, 3.8) is 0 Å². The normalized spacial score (nSPS) is 10.4. The van der Waals surface area contributed by atoms with Gasteiger partial charge in [0.15, 0.2) is 5.82 Å². The van der Waals surface area contributed by atoms with E-state index in [2.05, 4.69) is 20.7 Å². The van der Waals surface area contributed by atoms with Crippen LogP contribution in [0.4, 0.5) is 16.4 Å². The van der Waals surface area contributed by atoms with Crippen LogP contribution in [0.1, 0.15) is 11.3 Å². The molecule has 112 valence electrons. The highest BCUT2D eigenvalue weighted by atomic mass is 16.5. The van der Waals surface area contributed by atoms with Gasteiger partial charge in [0.25, 0.3) is 0 Å². The van der Waals surface area contributed by atoms with E-state index >= 15 is 0 Å². The standard InChI is InChI=1S/C14H19N5O2/c1-10-8-11(2)15-13(9-10)17-14(20)16-12-4-5-19(18-12)6-7-21-3/h4-5,8-9H,6-7H2,1-3H3,(H2,15,16,17,18,20). The van der Waals surface area contributed by atoms with Gasteiger partial charge < -0.3 is 4.74 Å². The number of nitrogens with one attached hydrogen (secondary N) is 2. The molecule has 0 aliphatic carbocycles. The number of amides is 2. The lowest BCUT2D eigenvalue weighted by molar-refractivity contribution is 0.183. The van der Waals surface area contributed by atoms with E-state index in [-0.39, 0.29) is 6.03 Å². The van der Waals surface area contributed by atoms with Gasteiger partial charge in [-0.2, -0.15) is 5.10 Å². The van der Waals surface area contributed by atoms with Crippen LogP contribution in [0.5, 0.6) is 0 Å². The second kappa shape index (κ2) is 6.85. The molecule has 0 aliphatic heterocycles. The average Bonchev–Trinajstić information content (AvgIpc) is 2.82. The smallest absolute Gasteiger partial charge is 0.326 e. The Labute approximate surface area is 123 Å². The maximum atomic E-state index is 11.9. The maximum Gasteiger partial charge on any atom is 0.326 e. The molecule has 2 heterocycles. The van der Waals surface area contributed by atoms with Crippen molar-refractivity contribution in [1.82, 2.24) is 14.8 Å². The Morgan fingerprint density at radius 2 is 2.05 bits per heavy atom. The third kappa shape index (κ3) is 4.57. The van der Waals surface area contributed by atoms with Gasteiger partial charge in [-0.3, -0.25) is 15.3 Å². The van der Waals surface area contributed by atoms with Crippen LogP contribution < -0.4 is 10.6 Å². The average molecular weight is 289 g/mol. The number of carbonyl (C=O) groups excluding carboxylic acids is 1. The number of carbonyl (C=O) groups is 1. The fourth-order valence-corrected chi connectivity index (χ4v) is 1.91. The van der Waals surface area contributed by atoms with Gasteiger partial charge in [0.1, 0.15) is 5.82 Å². The molecule has 0 bridgehead atoms. The highest BCUT2D eigenvalue weighted by Gasteiger charge is 2.06. The highest BCUT2D eigenvalue weighted by molar-refractivity contribution is 5.98. The molecule has 2 rings (SSSR count). The molecule has 0 atom stereocenters. The summed E-state index contributed by atoms with van der Waals surface area (Å²) >= 11 is 0. The number of urea groups is 1. The van der Waals surface area contributed by atoms with Gasteiger partial charge in [0.05, 0.1) is 13.2 Å². The monoisotopic (exact) mass is 289 g/mol. The summed E-state index contributed by atoms with van der Waals surface area (Å²) in [7, 11) is 1.63. The number of rotatable bonds is 5. The van der Waals surface area contributed by atoms with Gasteiger partial charge in [-0.25, -0.2) is 9.78 Å². The van der Waals surface area contributed by atoms with Crippen molar-refractivity contribution in [2.45, 2.75) is 20.4 Å². The first-order valence-corrected chi connectivity index (χ1v) is 6.62. The highest BCUT2D eigenvalue weighted by Crippen LogP contribution is 2.10. The van der Waals surface area contributed by atoms with Crippen LogP contribution in [-0.4, -0.2) is 34.5 Å². The summed E-state index contributed by atoms with van der Waals surface area (Å²) in [4.78, 5) is 16.1. The molecule has 0 unspecified atom stereocenters. The molecule has 2 aromatic rings. The first-order valence-electron chi connectivity index (χ1n) is 6.62. The zero-order valence-electron chi connectivity index (χ0n) is 12.4. The van der Waals surface area contributed by atoms with Crippen LogP contribution in [0.2, 0.25) is 0 Å². The molecular formula is C14H19N5O2. The van der Waals surface area contributed by atoms with Gasteiger partial charge in [-0.15, -0.1) is 0 Å². The van der Waals surface area contributed by atoms with Crippen LogP contribution in [0.25, 0.3) is 0 Å². The first-order chi connectivity index (χ1) is 10.1. The SMILES string of the molecule is COCCn1ccc(NC(=O)Nc2cc(C)cc(C)n2)n1. The van der Waals surface area contributed by atoms with E-state index in [1.54, 1.807) is 24.1 Å². The summed E-state index contributed by atoms with van der Waals surface area (Å²) in [6.45, 7) is 5.04. The molecule has 21 heavy (non-hydrogen) atoms. The number of pyridine rings is 1. The van der Waals surface area contributed by atoms with Gasteiger partial charge in [0, 0.05) is 25.1 Å². The lowest BCUT2D eigenvalue weighted by atomic mass is 10.2. The zero-order chi connectivity index (χ0) is 15.2. The third-order valence-corrected chi connectivity index (χ3v) is 2.75. The Kier molecular flexibility index (Phi) is 4.89. The predicted octanol–water partition coefficient (Wildman–Crippen LogP) is 2.19. The third-order valence-electron chi connectivity index (χ3n) is 2.75. The number of hydrogen-bond acceptors (Lipinski definition) is 4. The first kappa shape index (κ1) is 15.0. The summed E-state index contributed by atoms with van der Waals surface area (Å²) in [5.41, 5.74) is 1.90. The molecule has 2 aromatic heterocycles. The fourth-order valence-electron chi connectivity index (χ4n) is 1.91. The zero-order valence-corrected chi connectivity index (χ0v) is 12.4. The topological polar surface area (TPSA) is 81.1 Å². The van der Waals surface area contributed by atoms with Crippen molar-refractivity contribution in [2.24, 2.45) is 0 Å². The molecular weight excluding hydrogens is 270 g/mol. The number of hydrogen-bond donors (Lipinski definition) is 2. The molecule has 0 spiro atoms. The van der Waals surface area contributed by atoms with Crippen LogP contribution in [-0.2, 0) is 11.3 Å². The number of methoxy groups -OCH3 is 1. The Hall–Kier alpha value is -2.41. The lowest BCUT2D eigenvalue weighted by Crippen LogP contribution is -2.20. The van der Waals surface area contributed by atoms with E-state index in [0.29, 0.717) is 24.8 Å². The molecule has 0 aromatic carbocycles. The number of aromatic nitrogens is 3.